The monoisotopic (exact) mass is 209 g/mol. The molecule has 80 valence electrons. The summed E-state index contributed by atoms with van der Waals surface area (Å²) < 4.78 is 17.9. The van der Waals surface area contributed by atoms with Gasteiger partial charge >= 0.3 is 5.97 Å². The minimum atomic E-state index is -0.514. The zero-order valence-electron chi connectivity index (χ0n) is 8.37. The Kier molecular flexibility index (Phi) is 3.85. The third-order valence-corrected chi connectivity index (χ3v) is 1.76. The van der Waals surface area contributed by atoms with Crippen LogP contribution in [0.1, 0.15) is 12.5 Å². The van der Waals surface area contributed by atoms with Gasteiger partial charge in [-0.05, 0) is 25.1 Å². The van der Waals surface area contributed by atoms with E-state index in [2.05, 4.69) is 4.74 Å². The summed E-state index contributed by atoms with van der Waals surface area (Å²) >= 11 is 0. The van der Waals surface area contributed by atoms with Crippen molar-refractivity contribution >= 4 is 17.7 Å². The number of nitrogens with two attached hydrogens (primary N) is 1. The molecule has 0 atom stereocenters. The molecule has 0 spiro atoms. The second-order valence-corrected chi connectivity index (χ2v) is 2.83. The molecule has 0 saturated carbocycles. The van der Waals surface area contributed by atoms with Gasteiger partial charge in [0.15, 0.2) is 0 Å². The van der Waals surface area contributed by atoms with E-state index >= 15 is 0 Å². The fourth-order valence-electron chi connectivity index (χ4n) is 1.07. The fourth-order valence-corrected chi connectivity index (χ4v) is 1.07. The molecule has 0 radical (unpaired) electrons. The number of esters is 1. The molecule has 15 heavy (non-hydrogen) atoms. The van der Waals surface area contributed by atoms with Crippen molar-refractivity contribution in [2.75, 3.05) is 12.3 Å². The second-order valence-electron chi connectivity index (χ2n) is 2.83. The Labute approximate surface area is 87.3 Å². The quantitative estimate of drug-likeness (QED) is 0.470. The van der Waals surface area contributed by atoms with E-state index in [-0.39, 0.29) is 17.9 Å². The third kappa shape index (κ3) is 3.09. The zero-order chi connectivity index (χ0) is 11.3. The van der Waals surface area contributed by atoms with E-state index in [4.69, 9.17) is 5.73 Å². The Hall–Kier alpha value is -1.84. The number of halogens is 1. The molecular formula is C11H12FNO2. The molecule has 0 unspecified atom stereocenters. The van der Waals surface area contributed by atoms with E-state index in [0.29, 0.717) is 0 Å². The summed E-state index contributed by atoms with van der Waals surface area (Å²) in [5.74, 6) is -0.976. The van der Waals surface area contributed by atoms with Crippen molar-refractivity contribution in [3.05, 3.63) is 35.7 Å². The molecule has 0 aromatic heterocycles. The maximum absolute atomic E-state index is 13.2. The highest BCUT2D eigenvalue weighted by molar-refractivity contribution is 5.88. The summed E-state index contributed by atoms with van der Waals surface area (Å²) in [6.45, 7) is 1.99. The van der Waals surface area contributed by atoms with E-state index in [1.54, 1.807) is 13.0 Å². The smallest absolute Gasteiger partial charge is 0.330 e. The van der Waals surface area contributed by atoms with Gasteiger partial charge in [-0.25, -0.2) is 9.18 Å². The molecule has 0 heterocycles. The van der Waals surface area contributed by atoms with E-state index < -0.39 is 11.8 Å². The van der Waals surface area contributed by atoms with Gasteiger partial charge in [0, 0.05) is 17.3 Å². The molecule has 0 aliphatic heterocycles. The molecule has 0 fully saturated rings. The van der Waals surface area contributed by atoms with Crippen LogP contribution in [0.5, 0.6) is 0 Å². The number of hydrogen-bond donors (Lipinski definition) is 1. The first kappa shape index (κ1) is 11.2. The third-order valence-electron chi connectivity index (χ3n) is 1.76. The Bertz CT molecular complexity index is 368. The minimum absolute atomic E-state index is 0.200. The molecule has 3 nitrogen and oxygen atoms in total. The Morgan fingerprint density at radius 2 is 2.33 bits per heavy atom. The molecule has 2 N–H and O–H groups in total. The van der Waals surface area contributed by atoms with E-state index in [1.807, 2.05) is 0 Å². The van der Waals surface area contributed by atoms with Crippen LogP contribution in [0.2, 0.25) is 0 Å². The summed E-state index contributed by atoms with van der Waals surface area (Å²) in [6, 6.07) is 4.35. The highest BCUT2D eigenvalue weighted by Crippen LogP contribution is 2.16. The van der Waals surface area contributed by atoms with E-state index in [9.17, 15) is 9.18 Å². The van der Waals surface area contributed by atoms with Crippen molar-refractivity contribution < 1.29 is 13.9 Å². The lowest BCUT2D eigenvalue weighted by atomic mass is 10.1. The SMILES string of the molecule is CCOC(=O)C=Cc1c(N)cccc1F. The van der Waals surface area contributed by atoms with Crippen LogP contribution in [0.25, 0.3) is 6.08 Å². The minimum Gasteiger partial charge on any atom is -0.463 e. The first-order valence-electron chi connectivity index (χ1n) is 4.54. The summed E-state index contributed by atoms with van der Waals surface area (Å²) in [7, 11) is 0. The van der Waals surface area contributed by atoms with E-state index in [1.165, 1.54) is 18.2 Å². The average Bonchev–Trinajstić information content (AvgIpc) is 2.17. The van der Waals surface area contributed by atoms with Gasteiger partial charge in [0.2, 0.25) is 0 Å². The van der Waals surface area contributed by atoms with Crippen LogP contribution in [-0.4, -0.2) is 12.6 Å². The van der Waals surface area contributed by atoms with Crippen LogP contribution in [-0.2, 0) is 9.53 Å². The predicted molar refractivity (Wildman–Crippen MR) is 56.5 cm³/mol. The van der Waals surface area contributed by atoms with Crippen molar-refractivity contribution in [1.29, 1.82) is 0 Å². The topological polar surface area (TPSA) is 52.3 Å². The van der Waals surface area contributed by atoms with Crippen molar-refractivity contribution in [2.24, 2.45) is 0 Å². The maximum atomic E-state index is 13.2. The molecule has 0 bridgehead atoms. The molecule has 1 rings (SSSR count). The molecule has 0 aliphatic carbocycles. The van der Waals surface area contributed by atoms with Gasteiger partial charge in [-0.2, -0.15) is 0 Å². The Morgan fingerprint density at radius 3 is 2.93 bits per heavy atom. The molecule has 0 amide bonds. The summed E-state index contributed by atoms with van der Waals surface area (Å²) in [5.41, 5.74) is 6.03. The zero-order valence-corrected chi connectivity index (χ0v) is 8.37. The van der Waals surface area contributed by atoms with Gasteiger partial charge in [0.05, 0.1) is 6.61 Å². The Morgan fingerprint density at radius 1 is 1.60 bits per heavy atom. The van der Waals surface area contributed by atoms with Crippen LogP contribution in [0.4, 0.5) is 10.1 Å². The van der Waals surface area contributed by atoms with Crippen LogP contribution in [0.15, 0.2) is 24.3 Å². The molecule has 4 heteroatoms. The standard InChI is InChI=1S/C11H12FNO2/c1-2-15-11(14)7-6-8-9(12)4-3-5-10(8)13/h3-7H,2,13H2,1H3. The van der Waals surface area contributed by atoms with Crippen molar-refractivity contribution in [2.45, 2.75) is 6.92 Å². The summed E-state index contributed by atoms with van der Waals surface area (Å²) in [4.78, 5) is 11.0. The van der Waals surface area contributed by atoms with Gasteiger partial charge in [0.25, 0.3) is 0 Å². The Balaban J connectivity index is 2.84. The van der Waals surface area contributed by atoms with Gasteiger partial charge in [-0.15, -0.1) is 0 Å². The lowest BCUT2D eigenvalue weighted by Gasteiger charge is -2.01. The highest BCUT2D eigenvalue weighted by atomic mass is 19.1. The molecule has 0 saturated heterocycles. The number of carbonyl (C=O) groups is 1. The number of ether oxygens (including phenoxy) is 1. The van der Waals surface area contributed by atoms with Crippen LogP contribution >= 0.6 is 0 Å². The normalized spacial score (nSPS) is 10.5. The molecule has 0 aliphatic rings. The predicted octanol–water partition coefficient (Wildman–Crippen LogP) is 1.98. The second kappa shape index (κ2) is 5.14. The maximum Gasteiger partial charge on any atom is 0.330 e. The number of rotatable bonds is 3. The van der Waals surface area contributed by atoms with Gasteiger partial charge < -0.3 is 10.5 Å². The van der Waals surface area contributed by atoms with Crippen molar-refractivity contribution in [3.8, 4) is 0 Å². The summed E-state index contributed by atoms with van der Waals surface area (Å²) in [5, 5.41) is 0. The van der Waals surface area contributed by atoms with Gasteiger partial charge in [0.1, 0.15) is 5.82 Å². The lowest BCUT2D eigenvalue weighted by molar-refractivity contribution is -0.137. The van der Waals surface area contributed by atoms with Crippen LogP contribution in [0, 0.1) is 5.82 Å². The van der Waals surface area contributed by atoms with Gasteiger partial charge in [-0.3, -0.25) is 0 Å². The number of hydrogen-bond acceptors (Lipinski definition) is 3. The first-order valence-corrected chi connectivity index (χ1v) is 4.54. The first-order chi connectivity index (χ1) is 7.15. The number of benzene rings is 1. The summed E-state index contributed by atoms with van der Waals surface area (Å²) in [6.07, 6.45) is 2.46. The van der Waals surface area contributed by atoms with Crippen LogP contribution in [0.3, 0.4) is 0 Å². The van der Waals surface area contributed by atoms with Gasteiger partial charge in [-0.1, -0.05) is 6.07 Å². The largest absolute Gasteiger partial charge is 0.463 e. The molecular weight excluding hydrogens is 197 g/mol. The lowest BCUT2D eigenvalue weighted by Crippen LogP contribution is -1.99. The molecule has 1 aromatic carbocycles. The highest BCUT2D eigenvalue weighted by Gasteiger charge is 2.02. The van der Waals surface area contributed by atoms with E-state index in [0.717, 1.165) is 6.08 Å². The number of anilines is 1. The molecule has 1 aromatic rings. The van der Waals surface area contributed by atoms with Crippen molar-refractivity contribution in [1.82, 2.24) is 0 Å². The van der Waals surface area contributed by atoms with Crippen LogP contribution < -0.4 is 5.73 Å². The number of carbonyl (C=O) groups excluding carboxylic acids is 1. The number of nitrogen functional groups attached to an aromatic ring is 1. The average molecular weight is 209 g/mol. The fraction of sp³-hybridized carbons (Fsp3) is 0.182. The van der Waals surface area contributed by atoms with Crippen molar-refractivity contribution in [3.63, 3.8) is 0 Å².